The molecule has 11 heavy (non-hydrogen) atoms. The number of aromatic nitrogens is 2. The van der Waals surface area contributed by atoms with Gasteiger partial charge in [-0.25, -0.2) is 0 Å². The number of carbonyl (C=O) groups excluding carboxylic acids is 1. The first-order valence-electron chi connectivity index (χ1n) is 3.70. The third-order valence-corrected chi connectivity index (χ3v) is 1.58. The van der Waals surface area contributed by atoms with Crippen LogP contribution in [-0.4, -0.2) is 16.0 Å². The van der Waals surface area contributed by atoms with E-state index in [2.05, 4.69) is 10.2 Å². The summed E-state index contributed by atoms with van der Waals surface area (Å²) >= 11 is 0. The molecular formula is C8H12N2O. The number of nitrogens with zero attached hydrogens (tertiary/aromatic N) is 1. The van der Waals surface area contributed by atoms with Crippen molar-refractivity contribution in [2.24, 2.45) is 5.92 Å². The highest BCUT2D eigenvalue weighted by atomic mass is 16.1. The predicted octanol–water partition coefficient (Wildman–Crippen LogP) is 1.18. The zero-order chi connectivity index (χ0) is 8.27. The lowest BCUT2D eigenvalue weighted by atomic mass is 10.0. The second kappa shape index (κ2) is 3.32. The highest BCUT2D eigenvalue weighted by Crippen LogP contribution is 2.02. The van der Waals surface area contributed by atoms with Crippen LogP contribution in [0.3, 0.4) is 0 Å². The van der Waals surface area contributed by atoms with Crippen LogP contribution in [0.1, 0.15) is 19.4 Å². The molecule has 1 N–H and O–H groups in total. The SMILES string of the molecule is CC(C)C(=O)Cc1cn[nH]c1. The molecule has 0 aliphatic rings. The van der Waals surface area contributed by atoms with E-state index < -0.39 is 0 Å². The Morgan fingerprint density at radius 3 is 2.91 bits per heavy atom. The minimum atomic E-state index is 0.116. The van der Waals surface area contributed by atoms with Gasteiger partial charge in [-0.3, -0.25) is 9.89 Å². The number of hydrogen-bond donors (Lipinski definition) is 1. The quantitative estimate of drug-likeness (QED) is 0.706. The zero-order valence-corrected chi connectivity index (χ0v) is 6.79. The number of hydrogen-bond acceptors (Lipinski definition) is 2. The second-order valence-corrected chi connectivity index (χ2v) is 2.90. The standard InChI is InChI=1S/C8H12N2O/c1-6(2)8(11)3-7-4-9-10-5-7/h4-6H,3H2,1-2H3,(H,9,10). The number of rotatable bonds is 3. The van der Waals surface area contributed by atoms with E-state index in [0.29, 0.717) is 6.42 Å². The summed E-state index contributed by atoms with van der Waals surface area (Å²) < 4.78 is 0. The molecule has 0 aromatic carbocycles. The highest BCUT2D eigenvalue weighted by Gasteiger charge is 2.07. The summed E-state index contributed by atoms with van der Waals surface area (Å²) in [5, 5.41) is 6.43. The molecule has 0 unspecified atom stereocenters. The van der Waals surface area contributed by atoms with Gasteiger partial charge in [0.25, 0.3) is 0 Å². The maximum Gasteiger partial charge on any atom is 0.139 e. The molecule has 1 aromatic rings. The van der Waals surface area contributed by atoms with E-state index in [4.69, 9.17) is 0 Å². The maximum absolute atomic E-state index is 11.2. The molecule has 0 saturated heterocycles. The van der Waals surface area contributed by atoms with Crippen molar-refractivity contribution in [2.45, 2.75) is 20.3 Å². The minimum Gasteiger partial charge on any atom is -0.299 e. The zero-order valence-electron chi connectivity index (χ0n) is 6.79. The molecule has 0 fully saturated rings. The van der Waals surface area contributed by atoms with Crippen LogP contribution in [0.15, 0.2) is 12.4 Å². The average molecular weight is 152 g/mol. The largest absolute Gasteiger partial charge is 0.299 e. The molecule has 3 heteroatoms. The van der Waals surface area contributed by atoms with Gasteiger partial charge in [0.2, 0.25) is 0 Å². The normalized spacial score (nSPS) is 10.5. The van der Waals surface area contributed by atoms with Crippen molar-refractivity contribution in [3.63, 3.8) is 0 Å². The Morgan fingerprint density at radius 2 is 2.45 bits per heavy atom. The summed E-state index contributed by atoms with van der Waals surface area (Å²) in [5.41, 5.74) is 0.962. The first-order chi connectivity index (χ1) is 5.20. The van der Waals surface area contributed by atoms with Crippen molar-refractivity contribution in [1.29, 1.82) is 0 Å². The van der Waals surface area contributed by atoms with Crippen LogP contribution in [0.4, 0.5) is 0 Å². The number of carbonyl (C=O) groups is 1. The van der Waals surface area contributed by atoms with Gasteiger partial charge in [-0.15, -0.1) is 0 Å². The Kier molecular flexibility index (Phi) is 2.41. The van der Waals surface area contributed by atoms with Crippen molar-refractivity contribution in [1.82, 2.24) is 10.2 Å². The molecule has 0 saturated carbocycles. The van der Waals surface area contributed by atoms with Gasteiger partial charge in [0.1, 0.15) is 5.78 Å². The molecule has 1 rings (SSSR count). The number of ketones is 1. The first kappa shape index (κ1) is 7.98. The predicted molar refractivity (Wildman–Crippen MR) is 42.1 cm³/mol. The summed E-state index contributed by atoms with van der Waals surface area (Å²) in [5.74, 6) is 0.372. The van der Waals surface area contributed by atoms with Gasteiger partial charge in [0.15, 0.2) is 0 Å². The van der Waals surface area contributed by atoms with E-state index in [1.165, 1.54) is 0 Å². The molecule has 60 valence electrons. The molecule has 3 nitrogen and oxygen atoms in total. The molecule has 1 aromatic heterocycles. The molecule has 0 bridgehead atoms. The van der Waals surface area contributed by atoms with Crippen LogP contribution in [0, 0.1) is 5.92 Å². The minimum absolute atomic E-state index is 0.116. The lowest BCUT2D eigenvalue weighted by Gasteiger charge is -1.99. The van der Waals surface area contributed by atoms with Crippen LogP contribution in [-0.2, 0) is 11.2 Å². The Bertz CT molecular complexity index is 226. The van der Waals surface area contributed by atoms with E-state index in [-0.39, 0.29) is 11.7 Å². The molecule has 1 heterocycles. The number of aromatic amines is 1. The molecular weight excluding hydrogens is 140 g/mol. The third-order valence-electron chi connectivity index (χ3n) is 1.58. The highest BCUT2D eigenvalue weighted by molar-refractivity contribution is 5.82. The molecule has 0 spiro atoms. The molecule has 0 amide bonds. The van der Waals surface area contributed by atoms with Crippen LogP contribution in [0.25, 0.3) is 0 Å². The first-order valence-corrected chi connectivity index (χ1v) is 3.70. The van der Waals surface area contributed by atoms with Crippen LogP contribution in [0.5, 0.6) is 0 Å². The van der Waals surface area contributed by atoms with Gasteiger partial charge in [-0.1, -0.05) is 13.8 Å². The fraction of sp³-hybridized carbons (Fsp3) is 0.500. The van der Waals surface area contributed by atoms with E-state index in [1.54, 1.807) is 12.4 Å². The van der Waals surface area contributed by atoms with Crippen molar-refractivity contribution < 1.29 is 4.79 Å². The van der Waals surface area contributed by atoms with Crippen LogP contribution < -0.4 is 0 Å². The Hall–Kier alpha value is -1.12. The molecule has 0 radical (unpaired) electrons. The van der Waals surface area contributed by atoms with E-state index >= 15 is 0 Å². The van der Waals surface area contributed by atoms with Crippen LogP contribution in [0.2, 0.25) is 0 Å². The van der Waals surface area contributed by atoms with E-state index in [0.717, 1.165) is 5.56 Å². The maximum atomic E-state index is 11.2. The number of Topliss-reactive ketones (excluding diaryl/α,β-unsaturated/α-hetero) is 1. The monoisotopic (exact) mass is 152 g/mol. The summed E-state index contributed by atoms with van der Waals surface area (Å²) in [6, 6.07) is 0. The molecule has 0 aliphatic carbocycles. The van der Waals surface area contributed by atoms with Crippen molar-refractivity contribution in [3.8, 4) is 0 Å². The van der Waals surface area contributed by atoms with E-state index in [1.807, 2.05) is 13.8 Å². The summed E-state index contributed by atoms with van der Waals surface area (Å²) in [6.45, 7) is 3.81. The fourth-order valence-electron chi connectivity index (χ4n) is 0.780. The summed E-state index contributed by atoms with van der Waals surface area (Å²) in [4.78, 5) is 11.2. The smallest absolute Gasteiger partial charge is 0.139 e. The molecule has 0 aliphatic heterocycles. The van der Waals surface area contributed by atoms with Gasteiger partial charge < -0.3 is 0 Å². The second-order valence-electron chi connectivity index (χ2n) is 2.90. The third kappa shape index (κ3) is 2.18. The van der Waals surface area contributed by atoms with Gasteiger partial charge in [-0.2, -0.15) is 5.10 Å². The van der Waals surface area contributed by atoms with Gasteiger partial charge in [0.05, 0.1) is 6.20 Å². The number of H-pyrrole nitrogens is 1. The summed E-state index contributed by atoms with van der Waals surface area (Å²) in [6.07, 6.45) is 3.93. The molecule has 0 atom stereocenters. The summed E-state index contributed by atoms with van der Waals surface area (Å²) in [7, 11) is 0. The van der Waals surface area contributed by atoms with Crippen molar-refractivity contribution >= 4 is 5.78 Å². The Balaban J connectivity index is 2.50. The fourth-order valence-corrected chi connectivity index (χ4v) is 0.780. The van der Waals surface area contributed by atoms with Crippen molar-refractivity contribution in [2.75, 3.05) is 0 Å². The average Bonchev–Trinajstić information content (AvgIpc) is 2.39. The van der Waals surface area contributed by atoms with Gasteiger partial charge >= 0.3 is 0 Å². The van der Waals surface area contributed by atoms with Gasteiger partial charge in [-0.05, 0) is 5.56 Å². The van der Waals surface area contributed by atoms with Crippen LogP contribution >= 0.6 is 0 Å². The lowest BCUT2D eigenvalue weighted by Crippen LogP contribution is -2.09. The Morgan fingerprint density at radius 1 is 1.73 bits per heavy atom. The topological polar surface area (TPSA) is 45.8 Å². The van der Waals surface area contributed by atoms with E-state index in [9.17, 15) is 4.79 Å². The number of nitrogens with one attached hydrogen (secondary N) is 1. The van der Waals surface area contributed by atoms with Crippen molar-refractivity contribution in [3.05, 3.63) is 18.0 Å². The van der Waals surface area contributed by atoms with Gasteiger partial charge in [0, 0.05) is 18.5 Å². The lowest BCUT2D eigenvalue weighted by molar-refractivity contribution is -0.121. The Labute approximate surface area is 65.8 Å².